The van der Waals surface area contributed by atoms with E-state index in [1.807, 2.05) is 56.3 Å². The number of hydrogen-bond donors (Lipinski definition) is 1. The van der Waals surface area contributed by atoms with Gasteiger partial charge in [0.05, 0.1) is 18.2 Å². The summed E-state index contributed by atoms with van der Waals surface area (Å²) in [4.78, 5) is 29.5. The number of rotatable bonds is 8. The van der Waals surface area contributed by atoms with E-state index in [2.05, 4.69) is 13.8 Å². The zero-order valence-corrected chi connectivity index (χ0v) is 19.5. The predicted octanol–water partition coefficient (Wildman–Crippen LogP) is 4.01. The lowest BCUT2D eigenvalue weighted by molar-refractivity contribution is -0.140. The summed E-state index contributed by atoms with van der Waals surface area (Å²) in [5, 5.41) is 11.2. The van der Waals surface area contributed by atoms with Crippen LogP contribution in [0.4, 0.5) is 0 Å². The van der Waals surface area contributed by atoms with Crippen molar-refractivity contribution in [3.63, 3.8) is 0 Å². The van der Waals surface area contributed by atoms with Crippen LogP contribution in [0.2, 0.25) is 0 Å². The molecule has 170 valence electrons. The van der Waals surface area contributed by atoms with Gasteiger partial charge in [0.1, 0.15) is 11.5 Å². The average Bonchev–Trinajstić information content (AvgIpc) is 3.01. The van der Waals surface area contributed by atoms with Crippen molar-refractivity contribution in [3.8, 4) is 5.75 Å². The Bertz CT molecular complexity index is 1010. The van der Waals surface area contributed by atoms with Crippen LogP contribution in [0.5, 0.6) is 5.75 Å². The number of benzene rings is 2. The van der Waals surface area contributed by atoms with Crippen LogP contribution in [-0.2, 0) is 9.59 Å². The van der Waals surface area contributed by atoms with Crippen molar-refractivity contribution in [2.45, 2.75) is 26.8 Å². The number of ketones is 1. The third kappa shape index (κ3) is 5.02. The summed E-state index contributed by atoms with van der Waals surface area (Å²) in [6, 6.07) is 14.1. The van der Waals surface area contributed by atoms with Crippen LogP contribution in [-0.4, -0.2) is 60.4 Å². The van der Waals surface area contributed by atoms with Crippen LogP contribution in [0.1, 0.15) is 36.6 Å². The SMILES string of the molecule is Cc1cc(C(O)=C2C(=O)C(=O)N(CCN(C)C)[C@@H]2c2ccccc2)ccc1OCC(C)C. The molecule has 1 fully saturated rings. The molecule has 0 aromatic heterocycles. The second kappa shape index (κ2) is 10.0. The molecule has 1 aliphatic rings. The number of aryl methyl sites for hydroxylation is 1. The molecular weight excluding hydrogens is 404 g/mol. The third-order valence-corrected chi connectivity index (χ3v) is 5.46. The summed E-state index contributed by atoms with van der Waals surface area (Å²) in [5.74, 6) is -0.278. The molecule has 0 unspecified atom stereocenters. The average molecular weight is 437 g/mol. The molecule has 1 atom stereocenters. The van der Waals surface area contributed by atoms with Gasteiger partial charge in [-0.2, -0.15) is 0 Å². The van der Waals surface area contributed by atoms with Crippen LogP contribution in [0, 0.1) is 12.8 Å². The van der Waals surface area contributed by atoms with Crippen molar-refractivity contribution >= 4 is 17.4 Å². The largest absolute Gasteiger partial charge is 0.507 e. The summed E-state index contributed by atoms with van der Waals surface area (Å²) in [6.07, 6.45) is 0. The van der Waals surface area contributed by atoms with E-state index in [0.717, 1.165) is 16.9 Å². The highest BCUT2D eigenvalue weighted by molar-refractivity contribution is 6.46. The highest BCUT2D eigenvalue weighted by Crippen LogP contribution is 2.39. The first-order valence-electron chi connectivity index (χ1n) is 10.9. The van der Waals surface area contributed by atoms with E-state index < -0.39 is 17.7 Å². The van der Waals surface area contributed by atoms with Crippen molar-refractivity contribution in [2.24, 2.45) is 5.92 Å². The predicted molar refractivity (Wildman–Crippen MR) is 126 cm³/mol. The van der Waals surface area contributed by atoms with Crippen LogP contribution in [0.15, 0.2) is 54.1 Å². The molecule has 6 heteroatoms. The fourth-order valence-electron chi connectivity index (χ4n) is 3.77. The third-order valence-electron chi connectivity index (χ3n) is 5.46. The summed E-state index contributed by atoms with van der Waals surface area (Å²) in [7, 11) is 3.83. The molecule has 2 aromatic rings. The van der Waals surface area contributed by atoms with E-state index in [0.29, 0.717) is 31.2 Å². The van der Waals surface area contributed by atoms with Gasteiger partial charge in [-0.15, -0.1) is 0 Å². The smallest absolute Gasteiger partial charge is 0.295 e. The maximum Gasteiger partial charge on any atom is 0.295 e. The van der Waals surface area contributed by atoms with E-state index in [1.54, 1.807) is 23.1 Å². The second-order valence-corrected chi connectivity index (χ2v) is 8.89. The standard InChI is InChI=1S/C26H32N2O4/c1-17(2)16-32-21-12-11-20(15-18(21)3)24(29)22-23(19-9-7-6-8-10-19)28(14-13-27(4)5)26(31)25(22)30/h6-12,15,17,23,29H,13-14,16H2,1-5H3/t23-/m1/s1. The van der Waals surface area contributed by atoms with Gasteiger partial charge in [-0.05, 0) is 56.3 Å². The number of aliphatic hydroxyl groups is 1. The Morgan fingerprint density at radius 3 is 2.41 bits per heavy atom. The molecule has 0 aliphatic carbocycles. The minimum atomic E-state index is -0.659. The second-order valence-electron chi connectivity index (χ2n) is 8.89. The fourth-order valence-corrected chi connectivity index (χ4v) is 3.77. The minimum Gasteiger partial charge on any atom is -0.507 e. The van der Waals surface area contributed by atoms with Gasteiger partial charge < -0.3 is 19.6 Å². The zero-order valence-electron chi connectivity index (χ0n) is 19.5. The van der Waals surface area contributed by atoms with Gasteiger partial charge in [-0.25, -0.2) is 0 Å². The van der Waals surface area contributed by atoms with Gasteiger partial charge in [0.15, 0.2) is 0 Å². The van der Waals surface area contributed by atoms with Crippen molar-refractivity contribution in [3.05, 3.63) is 70.8 Å². The Morgan fingerprint density at radius 2 is 1.81 bits per heavy atom. The number of ether oxygens (including phenoxy) is 1. The molecular formula is C26H32N2O4. The maximum absolute atomic E-state index is 13.0. The molecule has 1 amide bonds. The quantitative estimate of drug-likeness (QED) is 0.385. The summed E-state index contributed by atoms with van der Waals surface area (Å²) < 4.78 is 5.83. The van der Waals surface area contributed by atoms with Gasteiger partial charge in [0.2, 0.25) is 0 Å². The Hall–Kier alpha value is -3.12. The monoisotopic (exact) mass is 436 g/mol. The van der Waals surface area contributed by atoms with Gasteiger partial charge in [0.25, 0.3) is 11.7 Å². The number of aliphatic hydroxyl groups excluding tert-OH is 1. The first-order chi connectivity index (χ1) is 15.2. The van der Waals surface area contributed by atoms with Crippen molar-refractivity contribution in [2.75, 3.05) is 33.8 Å². The number of likely N-dealkylation sites (tertiary alicyclic amines) is 1. The van der Waals surface area contributed by atoms with E-state index in [-0.39, 0.29) is 11.3 Å². The van der Waals surface area contributed by atoms with Gasteiger partial charge >= 0.3 is 0 Å². The Balaban J connectivity index is 2.05. The Labute approximate surface area is 190 Å². The lowest BCUT2D eigenvalue weighted by Gasteiger charge is -2.26. The van der Waals surface area contributed by atoms with Gasteiger partial charge in [0, 0.05) is 18.7 Å². The number of likely N-dealkylation sites (N-methyl/N-ethyl adjacent to an activating group) is 1. The number of Topliss-reactive ketones (excluding diaryl/α,β-unsaturated/α-hetero) is 1. The fraction of sp³-hybridized carbons (Fsp3) is 0.385. The van der Waals surface area contributed by atoms with Crippen LogP contribution in [0.3, 0.4) is 0 Å². The number of amides is 1. The normalized spacial score (nSPS) is 18.1. The first-order valence-corrected chi connectivity index (χ1v) is 10.9. The number of carbonyl (C=O) groups is 2. The molecule has 6 nitrogen and oxygen atoms in total. The minimum absolute atomic E-state index is 0.121. The van der Waals surface area contributed by atoms with Crippen LogP contribution in [0.25, 0.3) is 5.76 Å². The Kier molecular flexibility index (Phi) is 7.36. The highest BCUT2D eigenvalue weighted by Gasteiger charge is 2.45. The van der Waals surface area contributed by atoms with E-state index in [1.165, 1.54) is 0 Å². The molecule has 0 radical (unpaired) electrons. The van der Waals surface area contributed by atoms with Gasteiger partial charge in [-0.3, -0.25) is 9.59 Å². The van der Waals surface area contributed by atoms with Crippen molar-refractivity contribution in [1.29, 1.82) is 0 Å². The number of carbonyl (C=O) groups excluding carboxylic acids is 2. The van der Waals surface area contributed by atoms with Crippen LogP contribution >= 0.6 is 0 Å². The highest BCUT2D eigenvalue weighted by atomic mass is 16.5. The van der Waals surface area contributed by atoms with Crippen molar-refractivity contribution < 1.29 is 19.4 Å². The molecule has 2 aromatic carbocycles. The lowest BCUT2D eigenvalue weighted by atomic mass is 9.95. The summed E-state index contributed by atoms with van der Waals surface area (Å²) in [6.45, 7) is 7.64. The summed E-state index contributed by atoms with van der Waals surface area (Å²) in [5.41, 5.74) is 2.26. The molecule has 1 saturated heterocycles. The first kappa shape index (κ1) is 23.5. The van der Waals surface area contributed by atoms with Crippen molar-refractivity contribution in [1.82, 2.24) is 9.80 Å². The Morgan fingerprint density at radius 1 is 1.12 bits per heavy atom. The molecule has 0 spiro atoms. The maximum atomic E-state index is 13.0. The van der Waals surface area contributed by atoms with Crippen LogP contribution < -0.4 is 4.74 Å². The topological polar surface area (TPSA) is 70.1 Å². The molecule has 1 heterocycles. The molecule has 1 N–H and O–H groups in total. The number of nitrogens with zero attached hydrogens (tertiary/aromatic N) is 2. The molecule has 0 saturated carbocycles. The number of hydrogen-bond acceptors (Lipinski definition) is 5. The molecule has 32 heavy (non-hydrogen) atoms. The zero-order chi connectivity index (χ0) is 23.4. The molecule has 0 bridgehead atoms. The lowest BCUT2D eigenvalue weighted by Crippen LogP contribution is -2.35. The van der Waals surface area contributed by atoms with E-state index in [9.17, 15) is 14.7 Å². The van der Waals surface area contributed by atoms with E-state index >= 15 is 0 Å². The van der Waals surface area contributed by atoms with Gasteiger partial charge in [-0.1, -0.05) is 44.2 Å². The molecule has 1 aliphatic heterocycles. The van der Waals surface area contributed by atoms with E-state index in [4.69, 9.17) is 4.74 Å². The summed E-state index contributed by atoms with van der Waals surface area (Å²) >= 11 is 0. The molecule has 3 rings (SSSR count).